The van der Waals surface area contributed by atoms with E-state index in [1.807, 2.05) is 37.3 Å². The summed E-state index contributed by atoms with van der Waals surface area (Å²) >= 11 is 12.8. The van der Waals surface area contributed by atoms with E-state index < -0.39 is 5.97 Å². The Kier molecular flexibility index (Phi) is 4.65. The number of nitrogens with zero attached hydrogens (tertiary/aromatic N) is 2. The zero-order chi connectivity index (χ0) is 20.0. The van der Waals surface area contributed by atoms with E-state index in [2.05, 4.69) is 0 Å². The van der Waals surface area contributed by atoms with Crippen molar-refractivity contribution in [3.8, 4) is 0 Å². The fraction of sp³-hybridized carbons (Fsp3) is 0.143. The number of hydrogen-bond acceptors (Lipinski definition) is 2. The molecule has 0 radical (unpaired) electrons. The van der Waals surface area contributed by atoms with Gasteiger partial charge in [0.1, 0.15) is 5.15 Å². The minimum Gasteiger partial charge on any atom is -0.478 e. The van der Waals surface area contributed by atoms with Gasteiger partial charge in [-0.25, -0.2) is 8.88 Å². The fourth-order valence-electron chi connectivity index (χ4n) is 3.66. The Morgan fingerprint density at radius 1 is 1.14 bits per heavy atom. The van der Waals surface area contributed by atoms with Crippen molar-refractivity contribution in [2.75, 3.05) is 11.4 Å². The molecule has 0 atom stereocenters. The summed E-state index contributed by atoms with van der Waals surface area (Å²) in [6.45, 7) is 2.44. The SMILES string of the molecule is CC(=C1CCN(c2ccccc2)C1=O)c1c(Cl)n(Cl)c2cc(C(=O)O)ccc12. The molecule has 142 valence electrons. The lowest BCUT2D eigenvalue weighted by Gasteiger charge is -2.15. The second-order valence-corrected chi connectivity index (χ2v) is 7.33. The lowest BCUT2D eigenvalue weighted by Crippen LogP contribution is -2.24. The molecule has 5 nitrogen and oxygen atoms in total. The van der Waals surface area contributed by atoms with Crippen LogP contribution in [0.1, 0.15) is 29.3 Å². The van der Waals surface area contributed by atoms with E-state index in [0.29, 0.717) is 35.0 Å². The molecule has 2 heterocycles. The van der Waals surface area contributed by atoms with Crippen LogP contribution < -0.4 is 4.90 Å². The van der Waals surface area contributed by atoms with Crippen molar-refractivity contribution in [1.29, 1.82) is 0 Å². The van der Waals surface area contributed by atoms with Gasteiger partial charge >= 0.3 is 5.97 Å². The van der Waals surface area contributed by atoms with Gasteiger partial charge in [0.25, 0.3) is 5.91 Å². The Morgan fingerprint density at radius 3 is 2.54 bits per heavy atom. The number of rotatable bonds is 3. The van der Waals surface area contributed by atoms with Crippen molar-refractivity contribution in [3.05, 3.63) is 70.4 Å². The molecular formula is C21H16Cl2N2O3. The molecule has 2 aromatic carbocycles. The molecule has 1 saturated heterocycles. The number of fused-ring (bicyclic) bond motifs is 1. The number of carboxylic acids is 1. The second kappa shape index (κ2) is 7.00. The fourth-order valence-corrected chi connectivity index (χ4v) is 4.22. The van der Waals surface area contributed by atoms with E-state index in [-0.39, 0.29) is 16.6 Å². The Bertz CT molecular complexity index is 1150. The number of carbonyl (C=O) groups is 2. The first-order valence-electron chi connectivity index (χ1n) is 8.70. The van der Waals surface area contributed by atoms with Gasteiger partial charge in [0.05, 0.1) is 11.1 Å². The molecule has 1 N–H and O–H groups in total. The number of carboxylic acid groups (broad SMARTS) is 1. The molecule has 0 unspecified atom stereocenters. The standard InChI is InChI=1S/C21H16Cl2N2O3/c1-12(15-9-10-24(20(15)26)14-5-3-2-4-6-14)18-16-8-7-13(21(27)28)11-17(16)25(23)19(18)22/h2-8,11H,9-10H2,1H3,(H,27,28). The number of benzene rings is 2. The van der Waals surface area contributed by atoms with Gasteiger partial charge in [0, 0.05) is 40.5 Å². The highest BCUT2D eigenvalue weighted by Crippen LogP contribution is 2.39. The number of anilines is 1. The zero-order valence-corrected chi connectivity index (χ0v) is 16.5. The van der Waals surface area contributed by atoms with Gasteiger partial charge in [-0.05, 0) is 43.2 Å². The highest BCUT2D eigenvalue weighted by molar-refractivity contribution is 6.38. The quantitative estimate of drug-likeness (QED) is 0.598. The van der Waals surface area contributed by atoms with E-state index in [1.54, 1.807) is 11.0 Å². The number of carbonyl (C=O) groups excluding carboxylic acids is 1. The number of halogens is 2. The van der Waals surface area contributed by atoms with Crippen LogP contribution >= 0.6 is 23.4 Å². The summed E-state index contributed by atoms with van der Waals surface area (Å²) in [7, 11) is 0. The van der Waals surface area contributed by atoms with Crippen LogP contribution in [0.5, 0.6) is 0 Å². The Hall–Kier alpha value is -2.76. The monoisotopic (exact) mass is 414 g/mol. The first kappa shape index (κ1) is 18.6. The smallest absolute Gasteiger partial charge is 0.335 e. The van der Waals surface area contributed by atoms with Crippen LogP contribution in [-0.4, -0.2) is 27.6 Å². The third-order valence-electron chi connectivity index (χ3n) is 5.09. The summed E-state index contributed by atoms with van der Waals surface area (Å²) in [5.74, 6) is -1.10. The van der Waals surface area contributed by atoms with Crippen molar-refractivity contribution in [3.63, 3.8) is 0 Å². The average Bonchev–Trinajstić information content (AvgIpc) is 3.20. The molecule has 1 aliphatic heterocycles. The number of aromatic carboxylic acids is 1. The number of allylic oxidation sites excluding steroid dienone is 1. The number of amides is 1. The zero-order valence-electron chi connectivity index (χ0n) is 14.9. The van der Waals surface area contributed by atoms with Gasteiger partial charge in [-0.2, -0.15) is 0 Å². The minimum atomic E-state index is -1.04. The normalized spacial score (nSPS) is 16.1. The van der Waals surface area contributed by atoms with Crippen LogP contribution in [0.2, 0.25) is 5.15 Å². The van der Waals surface area contributed by atoms with Gasteiger partial charge in [-0.3, -0.25) is 4.79 Å². The number of para-hydroxylation sites is 1. The van der Waals surface area contributed by atoms with Gasteiger partial charge in [-0.1, -0.05) is 35.9 Å². The molecule has 0 spiro atoms. The molecule has 4 rings (SSSR count). The maximum absolute atomic E-state index is 13.0. The largest absolute Gasteiger partial charge is 0.478 e. The Balaban J connectivity index is 1.83. The maximum Gasteiger partial charge on any atom is 0.335 e. The van der Waals surface area contributed by atoms with Crippen molar-refractivity contribution < 1.29 is 14.7 Å². The summed E-state index contributed by atoms with van der Waals surface area (Å²) in [6.07, 6.45) is 0.595. The van der Waals surface area contributed by atoms with Crippen molar-refractivity contribution in [2.24, 2.45) is 0 Å². The summed E-state index contributed by atoms with van der Waals surface area (Å²) in [4.78, 5) is 26.0. The summed E-state index contributed by atoms with van der Waals surface area (Å²) < 4.78 is 1.23. The van der Waals surface area contributed by atoms with Crippen molar-refractivity contribution in [2.45, 2.75) is 13.3 Å². The predicted octanol–water partition coefficient (Wildman–Crippen LogP) is 5.21. The predicted molar refractivity (Wildman–Crippen MR) is 111 cm³/mol. The molecule has 0 bridgehead atoms. The molecule has 3 aromatic rings. The molecule has 1 aliphatic rings. The highest BCUT2D eigenvalue weighted by Gasteiger charge is 2.30. The van der Waals surface area contributed by atoms with Crippen LogP contribution in [0.15, 0.2) is 54.1 Å². The van der Waals surface area contributed by atoms with Crippen LogP contribution in [0.3, 0.4) is 0 Å². The minimum absolute atomic E-state index is 0.0580. The van der Waals surface area contributed by atoms with Gasteiger partial charge < -0.3 is 10.0 Å². The first-order chi connectivity index (χ1) is 13.4. The molecule has 1 aromatic heterocycles. The molecule has 1 amide bonds. The maximum atomic E-state index is 13.0. The molecule has 28 heavy (non-hydrogen) atoms. The molecular weight excluding hydrogens is 399 g/mol. The summed E-state index contributed by atoms with van der Waals surface area (Å²) in [5.41, 5.74) is 3.55. The average molecular weight is 415 g/mol. The van der Waals surface area contributed by atoms with E-state index in [0.717, 1.165) is 11.3 Å². The Morgan fingerprint density at radius 2 is 1.86 bits per heavy atom. The summed E-state index contributed by atoms with van der Waals surface area (Å²) in [5, 5.41) is 10.2. The van der Waals surface area contributed by atoms with Crippen LogP contribution in [-0.2, 0) is 4.79 Å². The molecule has 0 aliphatic carbocycles. The molecule has 1 fully saturated rings. The highest BCUT2D eigenvalue weighted by atomic mass is 35.5. The van der Waals surface area contributed by atoms with Crippen molar-refractivity contribution in [1.82, 2.24) is 4.09 Å². The van der Waals surface area contributed by atoms with Crippen LogP contribution in [0, 0.1) is 0 Å². The lowest BCUT2D eigenvalue weighted by atomic mass is 9.99. The number of hydrogen-bond donors (Lipinski definition) is 1. The van der Waals surface area contributed by atoms with E-state index >= 15 is 0 Å². The topological polar surface area (TPSA) is 62.5 Å². The summed E-state index contributed by atoms with van der Waals surface area (Å²) in [6, 6.07) is 14.2. The van der Waals surface area contributed by atoms with Crippen LogP contribution in [0.4, 0.5) is 5.69 Å². The van der Waals surface area contributed by atoms with Gasteiger partial charge in [-0.15, -0.1) is 0 Å². The van der Waals surface area contributed by atoms with Crippen LogP contribution in [0.25, 0.3) is 16.5 Å². The third kappa shape index (κ3) is 2.87. The lowest BCUT2D eigenvalue weighted by molar-refractivity contribution is -0.114. The van der Waals surface area contributed by atoms with Gasteiger partial charge in [0.15, 0.2) is 0 Å². The second-order valence-electron chi connectivity index (χ2n) is 6.63. The van der Waals surface area contributed by atoms with E-state index in [1.165, 1.54) is 16.2 Å². The van der Waals surface area contributed by atoms with Crippen molar-refractivity contribution >= 4 is 57.4 Å². The van der Waals surface area contributed by atoms with E-state index in [4.69, 9.17) is 23.4 Å². The van der Waals surface area contributed by atoms with E-state index in [9.17, 15) is 14.7 Å². The van der Waals surface area contributed by atoms with Gasteiger partial charge in [0.2, 0.25) is 0 Å². The third-order valence-corrected chi connectivity index (χ3v) is 5.88. The number of aromatic nitrogens is 1. The first-order valence-corrected chi connectivity index (χ1v) is 9.42. The Labute approximate surface area is 171 Å². The molecule has 7 heteroatoms. The molecule has 0 saturated carbocycles.